The summed E-state index contributed by atoms with van der Waals surface area (Å²) in [7, 11) is 0. The largest absolute Gasteiger partial charge is 0.573 e. The molecule has 2 aliphatic heterocycles. The minimum atomic E-state index is -4.77. The third kappa shape index (κ3) is 4.39. The number of piperidine rings is 1. The minimum Gasteiger partial charge on any atom is -0.406 e. The van der Waals surface area contributed by atoms with E-state index in [2.05, 4.69) is 15.0 Å². The number of fused-ring (bicyclic) bond motifs is 2. The summed E-state index contributed by atoms with van der Waals surface area (Å²) >= 11 is 0. The van der Waals surface area contributed by atoms with Crippen LogP contribution in [0, 0.1) is 0 Å². The van der Waals surface area contributed by atoms with Gasteiger partial charge in [-0.25, -0.2) is 0 Å². The van der Waals surface area contributed by atoms with Gasteiger partial charge in [0.25, 0.3) is 11.8 Å². The number of nitrogens with one attached hydrogen (secondary N) is 1. The van der Waals surface area contributed by atoms with Crippen LogP contribution in [0.15, 0.2) is 48.8 Å². The highest BCUT2D eigenvalue weighted by Crippen LogP contribution is 2.37. The van der Waals surface area contributed by atoms with Gasteiger partial charge in [-0.15, -0.1) is 13.2 Å². The Bertz CT molecular complexity index is 905. The molecule has 158 valence electrons. The molecule has 2 aliphatic rings. The number of carbonyl (C=O) groups is 2. The van der Waals surface area contributed by atoms with Crippen LogP contribution in [0.3, 0.4) is 0 Å². The van der Waals surface area contributed by atoms with E-state index in [-0.39, 0.29) is 35.7 Å². The van der Waals surface area contributed by atoms with Gasteiger partial charge in [0.05, 0.1) is 0 Å². The van der Waals surface area contributed by atoms with Crippen LogP contribution >= 0.6 is 0 Å². The van der Waals surface area contributed by atoms with Crippen molar-refractivity contribution < 1.29 is 27.5 Å². The van der Waals surface area contributed by atoms with Gasteiger partial charge in [-0.05, 0) is 62.1 Å². The molecule has 4 rings (SSSR count). The van der Waals surface area contributed by atoms with Gasteiger partial charge in [0.2, 0.25) is 0 Å². The van der Waals surface area contributed by atoms with Crippen molar-refractivity contribution >= 4 is 11.8 Å². The number of ether oxygens (including phenoxy) is 1. The molecule has 6 nitrogen and oxygen atoms in total. The molecule has 0 spiro atoms. The Kier molecular flexibility index (Phi) is 5.36. The van der Waals surface area contributed by atoms with Gasteiger partial charge >= 0.3 is 6.36 Å². The van der Waals surface area contributed by atoms with Crippen molar-refractivity contribution in [2.45, 2.75) is 50.2 Å². The Hall–Kier alpha value is -3.10. The van der Waals surface area contributed by atoms with Crippen LogP contribution in [-0.4, -0.2) is 46.2 Å². The molecule has 30 heavy (non-hydrogen) atoms. The molecule has 1 unspecified atom stereocenters. The van der Waals surface area contributed by atoms with Crippen molar-refractivity contribution in [2.75, 3.05) is 0 Å². The Balaban J connectivity index is 1.40. The lowest BCUT2D eigenvalue weighted by Crippen LogP contribution is -2.52. The van der Waals surface area contributed by atoms with Crippen LogP contribution in [0.5, 0.6) is 5.75 Å². The van der Waals surface area contributed by atoms with E-state index in [1.165, 1.54) is 12.1 Å². The van der Waals surface area contributed by atoms with E-state index in [9.17, 15) is 22.8 Å². The van der Waals surface area contributed by atoms with Crippen LogP contribution in [-0.2, 0) is 0 Å². The number of hydrogen-bond acceptors (Lipinski definition) is 4. The summed E-state index contributed by atoms with van der Waals surface area (Å²) in [4.78, 5) is 31.1. The number of rotatable bonds is 4. The van der Waals surface area contributed by atoms with Gasteiger partial charge in [-0.2, -0.15) is 0 Å². The summed E-state index contributed by atoms with van der Waals surface area (Å²) in [5.74, 6) is -0.735. The van der Waals surface area contributed by atoms with Gasteiger partial charge in [-0.1, -0.05) is 0 Å². The molecule has 1 aromatic carbocycles. The van der Waals surface area contributed by atoms with Crippen molar-refractivity contribution in [3.63, 3.8) is 0 Å². The zero-order chi connectivity index (χ0) is 21.3. The number of pyridine rings is 1. The Morgan fingerprint density at radius 1 is 0.967 bits per heavy atom. The molecule has 2 fully saturated rings. The molecule has 3 heterocycles. The second-order valence-electron chi connectivity index (χ2n) is 7.55. The third-order valence-corrected chi connectivity index (χ3v) is 5.58. The maximum atomic E-state index is 13.0. The molecule has 3 atom stereocenters. The SMILES string of the molecule is O=C(NC1C[C@H]2CC[C@@H](C1)N2C(=O)c1ccc(OC(F)(F)F)cc1)c1ccncc1. The molecule has 0 saturated carbocycles. The average molecular weight is 419 g/mol. The number of benzene rings is 1. The predicted octanol–water partition coefficient (Wildman–Crippen LogP) is 3.55. The van der Waals surface area contributed by atoms with E-state index in [1.54, 1.807) is 24.5 Å². The number of aromatic nitrogens is 1. The zero-order valence-corrected chi connectivity index (χ0v) is 15.9. The molecule has 0 aliphatic carbocycles. The first-order valence-corrected chi connectivity index (χ1v) is 9.69. The molecule has 2 aromatic rings. The monoisotopic (exact) mass is 419 g/mol. The summed E-state index contributed by atoms with van der Waals surface area (Å²) < 4.78 is 40.8. The van der Waals surface area contributed by atoms with E-state index in [0.29, 0.717) is 24.0 Å². The molecule has 1 N–H and O–H groups in total. The normalized spacial score (nSPS) is 23.2. The van der Waals surface area contributed by atoms with E-state index in [0.717, 1.165) is 25.0 Å². The van der Waals surface area contributed by atoms with Crippen molar-refractivity contribution in [3.8, 4) is 5.75 Å². The summed E-state index contributed by atoms with van der Waals surface area (Å²) in [6.07, 6.45) is 1.33. The first-order valence-electron chi connectivity index (χ1n) is 9.69. The van der Waals surface area contributed by atoms with Crippen molar-refractivity contribution in [3.05, 3.63) is 59.9 Å². The highest BCUT2D eigenvalue weighted by atomic mass is 19.4. The fraction of sp³-hybridized carbons (Fsp3) is 0.381. The lowest BCUT2D eigenvalue weighted by atomic mass is 9.96. The number of halogens is 3. The lowest BCUT2D eigenvalue weighted by molar-refractivity contribution is -0.274. The van der Waals surface area contributed by atoms with E-state index < -0.39 is 6.36 Å². The fourth-order valence-corrected chi connectivity index (χ4v) is 4.35. The number of hydrogen-bond donors (Lipinski definition) is 1. The zero-order valence-electron chi connectivity index (χ0n) is 15.9. The summed E-state index contributed by atoms with van der Waals surface area (Å²) in [6, 6.07) is 8.23. The number of amides is 2. The summed E-state index contributed by atoms with van der Waals surface area (Å²) in [5.41, 5.74) is 0.859. The van der Waals surface area contributed by atoms with E-state index in [4.69, 9.17) is 0 Å². The Morgan fingerprint density at radius 2 is 1.57 bits per heavy atom. The first-order chi connectivity index (χ1) is 14.3. The maximum Gasteiger partial charge on any atom is 0.573 e. The molecule has 9 heteroatoms. The van der Waals surface area contributed by atoms with Crippen molar-refractivity contribution in [1.82, 2.24) is 15.2 Å². The average Bonchev–Trinajstić information content (AvgIpc) is 2.98. The summed E-state index contributed by atoms with van der Waals surface area (Å²) in [5, 5.41) is 3.04. The highest BCUT2D eigenvalue weighted by Gasteiger charge is 2.43. The molecule has 0 radical (unpaired) electrons. The van der Waals surface area contributed by atoms with Gasteiger partial charge in [0.1, 0.15) is 5.75 Å². The van der Waals surface area contributed by atoms with E-state index >= 15 is 0 Å². The molecular weight excluding hydrogens is 399 g/mol. The van der Waals surface area contributed by atoms with Gasteiger partial charge in [0, 0.05) is 41.6 Å². The highest BCUT2D eigenvalue weighted by molar-refractivity contribution is 5.95. The van der Waals surface area contributed by atoms with Crippen LogP contribution in [0.2, 0.25) is 0 Å². The van der Waals surface area contributed by atoms with Crippen molar-refractivity contribution in [2.24, 2.45) is 0 Å². The second-order valence-corrected chi connectivity index (χ2v) is 7.55. The van der Waals surface area contributed by atoms with Crippen LogP contribution in [0.25, 0.3) is 0 Å². The van der Waals surface area contributed by atoms with Gasteiger partial charge < -0.3 is 15.0 Å². The molecular formula is C21H20F3N3O3. The minimum absolute atomic E-state index is 0.00917. The molecule has 1 aromatic heterocycles. The van der Waals surface area contributed by atoms with Crippen LogP contribution in [0.1, 0.15) is 46.4 Å². The number of alkyl halides is 3. The second kappa shape index (κ2) is 7.97. The third-order valence-electron chi connectivity index (χ3n) is 5.58. The molecule has 2 bridgehead atoms. The Morgan fingerprint density at radius 3 is 2.13 bits per heavy atom. The van der Waals surface area contributed by atoms with Crippen molar-refractivity contribution in [1.29, 1.82) is 0 Å². The topological polar surface area (TPSA) is 71.5 Å². The standard InChI is InChI=1S/C21H20F3N3O3/c22-21(23,24)30-18-5-1-14(2-6-18)20(29)27-16-3-4-17(27)12-15(11-16)26-19(28)13-7-9-25-10-8-13/h1-2,5-10,15-17H,3-4,11-12H2,(H,26,28)/t15?,16-,17+. The van der Waals surface area contributed by atoms with Gasteiger partial charge in [-0.3, -0.25) is 14.6 Å². The number of carbonyl (C=O) groups excluding carboxylic acids is 2. The van der Waals surface area contributed by atoms with Crippen LogP contribution < -0.4 is 10.1 Å². The predicted molar refractivity (Wildman–Crippen MR) is 101 cm³/mol. The first kappa shape index (κ1) is 20.2. The smallest absolute Gasteiger partial charge is 0.406 e. The lowest BCUT2D eigenvalue weighted by Gasteiger charge is -2.39. The fourth-order valence-electron chi connectivity index (χ4n) is 4.35. The number of nitrogens with zero attached hydrogens (tertiary/aromatic N) is 2. The van der Waals surface area contributed by atoms with Crippen LogP contribution in [0.4, 0.5) is 13.2 Å². The maximum absolute atomic E-state index is 13.0. The van der Waals surface area contributed by atoms with Gasteiger partial charge in [0.15, 0.2) is 0 Å². The molecule has 2 saturated heterocycles. The Labute approximate surface area is 171 Å². The summed E-state index contributed by atoms with van der Waals surface area (Å²) in [6.45, 7) is 0. The molecule has 2 amide bonds. The quantitative estimate of drug-likeness (QED) is 0.823. The van der Waals surface area contributed by atoms with E-state index in [1.807, 2.05) is 4.90 Å².